The average molecular weight is 232 g/mol. The molecule has 2 rings (SSSR count). The van der Waals surface area contributed by atoms with E-state index in [1.807, 2.05) is 26.1 Å². The van der Waals surface area contributed by atoms with Crippen LogP contribution < -0.4 is 5.32 Å². The second-order valence-electron chi connectivity index (χ2n) is 4.64. The van der Waals surface area contributed by atoms with E-state index in [0.29, 0.717) is 5.52 Å². The lowest BCUT2D eigenvalue weighted by atomic mass is 10.0. The SMILES string of the molecule is CNc1cc(C(C)C)nc2c(F)cc(C)cc12. The third-order valence-electron chi connectivity index (χ3n) is 2.89. The predicted molar refractivity (Wildman–Crippen MR) is 70.1 cm³/mol. The summed E-state index contributed by atoms with van der Waals surface area (Å²) in [5.74, 6) is 0.0335. The van der Waals surface area contributed by atoms with E-state index >= 15 is 0 Å². The van der Waals surface area contributed by atoms with Crippen LogP contribution in [-0.4, -0.2) is 12.0 Å². The molecule has 3 heteroatoms. The first-order valence-corrected chi connectivity index (χ1v) is 5.81. The number of aromatic nitrogens is 1. The van der Waals surface area contributed by atoms with Gasteiger partial charge in [0, 0.05) is 23.8 Å². The van der Waals surface area contributed by atoms with Gasteiger partial charge in [0.1, 0.15) is 11.3 Å². The Balaban J connectivity index is 2.82. The van der Waals surface area contributed by atoms with E-state index in [-0.39, 0.29) is 11.7 Å². The molecule has 0 fully saturated rings. The molecule has 1 aromatic carbocycles. The first-order valence-electron chi connectivity index (χ1n) is 5.81. The predicted octanol–water partition coefficient (Wildman–Crippen LogP) is 3.85. The maximum Gasteiger partial charge on any atom is 0.149 e. The third kappa shape index (κ3) is 2.09. The van der Waals surface area contributed by atoms with E-state index in [1.54, 1.807) is 0 Å². The molecule has 2 aromatic rings. The summed E-state index contributed by atoms with van der Waals surface area (Å²) in [5, 5.41) is 3.96. The molecule has 0 unspecified atom stereocenters. The highest BCUT2D eigenvalue weighted by Gasteiger charge is 2.11. The lowest BCUT2D eigenvalue weighted by Crippen LogP contribution is -2.00. The molecule has 1 N–H and O–H groups in total. The van der Waals surface area contributed by atoms with Gasteiger partial charge in [-0.15, -0.1) is 0 Å². The summed E-state index contributed by atoms with van der Waals surface area (Å²) in [5.41, 5.74) is 3.20. The highest BCUT2D eigenvalue weighted by molar-refractivity contribution is 5.92. The zero-order valence-corrected chi connectivity index (χ0v) is 10.6. The van der Waals surface area contributed by atoms with Gasteiger partial charge in [-0.3, -0.25) is 0 Å². The second-order valence-corrected chi connectivity index (χ2v) is 4.64. The Morgan fingerprint density at radius 1 is 1.24 bits per heavy atom. The van der Waals surface area contributed by atoms with Crippen LogP contribution in [0.25, 0.3) is 10.9 Å². The van der Waals surface area contributed by atoms with Crippen molar-refractivity contribution in [2.24, 2.45) is 0 Å². The lowest BCUT2D eigenvalue weighted by Gasteiger charge is -2.12. The number of nitrogens with zero attached hydrogens (tertiary/aromatic N) is 1. The number of aryl methyl sites for hydroxylation is 1. The maximum atomic E-state index is 13.9. The van der Waals surface area contributed by atoms with Crippen molar-refractivity contribution in [3.8, 4) is 0 Å². The Morgan fingerprint density at radius 2 is 1.94 bits per heavy atom. The molecule has 0 aliphatic carbocycles. The number of rotatable bonds is 2. The molecule has 17 heavy (non-hydrogen) atoms. The largest absolute Gasteiger partial charge is 0.388 e. The van der Waals surface area contributed by atoms with Crippen molar-refractivity contribution in [2.75, 3.05) is 12.4 Å². The number of hydrogen-bond acceptors (Lipinski definition) is 2. The van der Waals surface area contributed by atoms with Gasteiger partial charge in [0.2, 0.25) is 0 Å². The van der Waals surface area contributed by atoms with Crippen LogP contribution in [-0.2, 0) is 0 Å². The van der Waals surface area contributed by atoms with Crippen molar-refractivity contribution in [1.29, 1.82) is 0 Å². The molecule has 1 heterocycles. The van der Waals surface area contributed by atoms with E-state index < -0.39 is 0 Å². The fourth-order valence-electron chi connectivity index (χ4n) is 1.94. The van der Waals surface area contributed by atoms with E-state index in [4.69, 9.17) is 0 Å². The van der Waals surface area contributed by atoms with Crippen LogP contribution in [0.3, 0.4) is 0 Å². The van der Waals surface area contributed by atoms with Gasteiger partial charge in [0.05, 0.1) is 0 Å². The highest BCUT2D eigenvalue weighted by Crippen LogP contribution is 2.28. The Labute approximate surface area is 101 Å². The minimum absolute atomic E-state index is 0.251. The van der Waals surface area contributed by atoms with Gasteiger partial charge in [-0.05, 0) is 36.6 Å². The lowest BCUT2D eigenvalue weighted by molar-refractivity contribution is 0.634. The maximum absolute atomic E-state index is 13.9. The molecule has 2 nitrogen and oxygen atoms in total. The van der Waals surface area contributed by atoms with Crippen molar-refractivity contribution in [2.45, 2.75) is 26.7 Å². The van der Waals surface area contributed by atoms with E-state index in [0.717, 1.165) is 22.3 Å². The van der Waals surface area contributed by atoms with Crippen LogP contribution in [0, 0.1) is 12.7 Å². The molecule has 0 radical (unpaired) electrons. The number of fused-ring (bicyclic) bond motifs is 1. The standard InChI is InChI=1S/C14H17FN2/c1-8(2)12-7-13(16-4)10-5-9(3)6-11(15)14(10)17-12/h5-8H,1-4H3,(H,16,17). The van der Waals surface area contributed by atoms with Crippen molar-refractivity contribution in [1.82, 2.24) is 4.98 Å². The van der Waals surface area contributed by atoms with Gasteiger partial charge in [0.25, 0.3) is 0 Å². The van der Waals surface area contributed by atoms with Crippen LogP contribution in [0.5, 0.6) is 0 Å². The first-order chi connectivity index (χ1) is 8.02. The number of benzene rings is 1. The van der Waals surface area contributed by atoms with Crippen LogP contribution >= 0.6 is 0 Å². The molecule has 90 valence electrons. The summed E-state index contributed by atoms with van der Waals surface area (Å²) < 4.78 is 13.9. The quantitative estimate of drug-likeness (QED) is 0.850. The van der Waals surface area contributed by atoms with Gasteiger partial charge >= 0.3 is 0 Å². The molecule has 0 aliphatic heterocycles. The van der Waals surface area contributed by atoms with Crippen LogP contribution in [0.4, 0.5) is 10.1 Å². The summed E-state index contributed by atoms with van der Waals surface area (Å²) in [6.45, 7) is 6.00. The minimum atomic E-state index is -0.251. The molecule has 1 aromatic heterocycles. The normalized spacial score (nSPS) is 11.2. The Morgan fingerprint density at radius 3 is 2.53 bits per heavy atom. The summed E-state index contributed by atoms with van der Waals surface area (Å²) >= 11 is 0. The Hall–Kier alpha value is -1.64. The molecule has 0 spiro atoms. The molecule has 0 amide bonds. The summed E-state index contributed by atoms with van der Waals surface area (Å²) in [4.78, 5) is 4.41. The summed E-state index contributed by atoms with van der Waals surface area (Å²) in [6, 6.07) is 5.48. The zero-order chi connectivity index (χ0) is 12.6. The highest BCUT2D eigenvalue weighted by atomic mass is 19.1. The molecular weight excluding hydrogens is 215 g/mol. The molecule has 0 atom stereocenters. The van der Waals surface area contributed by atoms with E-state index in [9.17, 15) is 4.39 Å². The van der Waals surface area contributed by atoms with Crippen LogP contribution in [0.1, 0.15) is 31.0 Å². The number of pyridine rings is 1. The molecule has 0 aliphatic rings. The average Bonchev–Trinajstić information content (AvgIpc) is 2.27. The molecule has 0 bridgehead atoms. The summed E-state index contributed by atoms with van der Waals surface area (Å²) in [6.07, 6.45) is 0. The third-order valence-corrected chi connectivity index (χ3v) is 2.89. The minimum Gasteiger partial charge on any atom is -0.388 e. The summed E-state index contributed by atoms with van der Waals surface area (Å²) in [7, 11) is 1.85. The van der Waals surface area contributed by atoms with Crippen molar-refractivity contribution < 1.29 is 4.39 Å². The first kappa shape index (κ1) is 11.8. The number of nitrogens with one attached hydrogen (secondary N) is 1. The molecule has 0 saturated carbocycles. The monoisotopic (exact) mass is 232 g/mol. The number of anilines is 1. The zero-order valence-electron chi connectivity index (χ0n) is 10.6. The fourth-order valence-corrected chi connectivity index (χ4v) is 1.94. The van der Waals surface area contributed by atoms with Crippen LogP contribution in [0.15, 0.2) is 18.2 Å². The van der Waals surface area contributed by atoms with Crippen molar-refractivity contribution in [3.05, 3.63) is 35.3 Å². The Kier molecular flexibility index (Phi) is 3.01. The van der Waals surface area contributed by atoms with Crippen LogP contribution in [0.2, 0.25) is 0 Å². The Bertz CT molecular complexity index is 562. The van der Waals surface area contributed by atoms with Crippen molar-refractivity contribution in [3.63, 3.8) is 0 Å². The van der Waals surface area contributed by atoms with Crippen molar-refractivity contribution >= 4 is 16.6 Å². The van der Waals surface area contributed by atoms with Gasteiger partial charge < -0.3 is 5.32 Å². The van der Waals surface area contributed by atoms with Gasteiger partial charge in [-0.1, -0.05) is 13.8 Å². The van der Waals surface area contributed by atoms with E-state index in [1.165, 1.54) is 6.07 Å². The fraction of sp³-hybridized carbons (Fsp3) is 0.357. The van der Waals surface area contributed by atoms with Gasteiger partial charge in [-0.2, -0.15) is 0 Å². The van der Waals surface area contributed by atoms with E-state index in [2.05, 4.69) is 24.1 Å². The van der Waals surface area contributed by atoms with Gasteiger partial charge in [-0.25, -0.2) is 9.37 Å². The topological polar surface area (TPSA) is 24.9 Å². The molecular formula is C14H17FN2. The van der Waals surface area contributed by atoms with Gasteiger partial charge in [0.15, 0.2) is 0 Å². The molecule has 0 saturated heterocycles. The number of halogens is 1. The second kappa shape index (κ2) is 4.32. The number of hydrogen-bond donors (Lipinski definition) is 1. The smallest absolute Gasteiger partial charge is 0.149 e.